The van der Waals surface area contributed by atoms with Gasteiger partial charge in [-0.1, -0.05) is 25.1 Å². The summed E-state index contributed by atoms with van der Waals surface area (Å²) >= 11 is 0. The number of hydrogen-bond acceptors (Lipinski definition) is 5. The summed E-state index contributed by atoms with van der Waals surface area (Å²) in [7, 11) is -3.71. The lowest BCUT2D eigenvalue weighted by molar-refractivity contribution is 0.301. The Morgan fingerprint density at radius 2 is 1.68 bits per heavy atom. The number of aromatic nitrogens is 1. The van der Waals surface area contributed by atoms with E-state index in [0.29, 0.717) is 24.6 Å². The molecule has 0 saturated heterocycles. The highest BCUT2D eigenvalue weighted by Crippen LogP contribution is 2.28. The number of anilines is 1. The second kappa shape index (κ2) is 9.14. The molecule has 0 bridgehead atoms. The van der Waals surface area contributed by atoms with Crippen LogP contribution in [0.2, 0.25) is 0 Å². The molecule has 0 unspecified atom stereocenters. The van der Waals surface area contributed by atoms with Crippen LogP contribution in [0.5, 0.6) is 5.75 Å². The van der Waals surface area contributed by atoms with Gasteiger partial charge < -0.3 is 9.26 Å². The van der Waals surface area contributed by atoms with E-state index in [0.717, 1.165) is 28.1 Å². The molecule has 0 N–H and O–H groups in total. The Labute approximate surface area is 184 Å². The van der Waals surface area contributed by atoms with Gasteiger partial charge in [0.15, 0.2) is 0 Å². The molecule has 0 atom stereocenters. The Balaban J connectivity index is 1.85. The summed E-state index contributed by atoms with van der Waals surface area (Å²) in [5, 5.41) is 3.92. The Bertz CT molecular complexity index is 1130. The Hall–Kier alpha value is -2.80. The third-order valence-electron chi connectivity index (χ3n) is 5.29. The number of benzene rings is 2. The van der Waals surface area contributed by atoms with Crippen molar-refractivity contribution in [2.24, 2.45) is 5.92 Å². The quantitative estimate of drug-likeness (QED) is 0.471. The molecule has 2 aromatic carbocycles. The molecule has 0 aliphatic rings. The predicted octanol–water partition coefficient (Wildman–Crippen LogP) is 5.34. The van der Waals surface area contributed by atoms with Crippen LogP contribution < -0.4 is 9.04 Å². The lowest BCUT2D eigenvalue weighted by Crippen LogP contribution is -2.34. The molecule has 166 valence electrons. The lowest BCUT2D eigenvalue weighted by Gasteiger charge is -2.27. The summed E-state index contributed by atoms with van der Waals surface area (Å²) in [5.41, 5.74) is 4.55. The van der Waals surface area contributed by atoms with Gasteiger partial charge in [0.1, 0.15) is 18.1 Å². The first-order valence-electron chi connectivity index (χ1n) is 10.3. The van der Waals surface area contributed by atoms with Gasteiger partial charge in [-0.15, -0.1) is 0 Å². The zero-order valence-electron chi connectivity index (χ0n) is 19.0. The van der Waals surface area contributed by atoms with E-state index >= 15 is 0 Å². The van der Waals surface area contributed by atoms with Crippen LogP contribution in [0.25, 0.3) is 0 Å². The van der Waals surface area contributed by atoms with Crippen LogP contribution in [0, 0.1) is 33.6 Å². The molecule has 0 aliphatic heterocycles. The summed E-state index contributed by atoms with van der Waals surface area (Å²) in [6, 6.07) is 12.3. The molecule has 0 amide bonds. The van der Waals surface area contributed by atoms with Crippen LogP contribution in [0.1, 0.15) is 42.0 Å². The molecule has 6 nitrogen and oxygen atoms in total. The molecular formula is C24H30N2O4S. The van der Waals surface area contributed by atoms with E-state index in [1.807, 2.05) is 59.7 Å². The van der Waals surface area contributed by atoms with Crippen LogP contribution in [0.4, 0.5) is 5.69 Å². The fourth-order valence-electron chi connectivity index (χ4n) is 3.25. The normalized spacial score (nSPS) is 11.7. The molecule has 0 saturated carbocycles. The van der Waals surface area contributed by atoms with Crippen LogP contribution in [-0.4, -0.2) is 20.1 Å². The van der Waals surface area contributed by atoms with Crippen molar-refractivity contribution in [3.8, 4) is 5.75 Å². The Morgan fingerprint density at radius 3 is 2.23 bits per heavy atom. The number of hydrogen-bond donors (Lipinski definition) is 0. The number of sulfonamides is 1. The molecule has 7 heteroatoms. The number of rotatable bonds is 8. The van der Waals surface area contributed by atoms with Gasteiger partial charge in [-0.25, -0.2) is 8.42 Å². The Kier molecular flexibility index (Phi) is 6.74. The van der Waals surface area contributed by atoms with Gasteiger partial charge in [-0.2, -0.15) is 0 Å². The first-order valence-corrected chi connectivity index (χ1v) is 11.8. The first-order chi connectivity index (χ1) is 14.6. The number of ether oxygens (including phenoxy) is 1. The number of aryl methyl sites for hydroxylation is 4. The maximum Gasteiger partial charge on any atom is 0.264 e. The Morgan fingerprint density at radius 1 is 1.00 bits per heavy atom. The molecule has 31 heavy (non-hydrogen) atoms. The highest BCUT2D eigenvalue weighted by molar-refractivity contribution is 7.92. The third-order valence-corrected chi connectivity index (χ3v) is 7.09. The predicted molar refractivity (Wildman–Crippen MR) is 122 cm³/mol. The average Bonchev–Trinajstić information content (AvgIpc) is 3.04. The second-order valence-electron chi connectivity index (χ2n) is 8.26. The standard InChI is InChI=1S/C24H30N2O4S/c1-16(2)14-26(21-8-7-17(3)18(4)13-21)31(27,28)23-11-9-22(10-12-23)29-15-24-19(5)25-30-20(24)6/h7-13,16H,14-15H2,1-6H3. The summed E-state index contributed by atoms with van der Waals surface area (Å²) < 4.78 is 39.4. The van der Waals surface area contributed by atoms with Crippen molar-refractivity contribution in [2.75, 3.05) is 10.8 Å². The first kappa shape index (κ1) is 22.9. The minimum absolute atomic E-state index is 0.175. The van der Waals surface area contributed by atoms with Crippen LogP contribution in [0.15, 0.2) is 51.9 Å². The number of nitrogens with zero attached hydrogens (tertiary/aromatic N) is 2. The third kappa shape index (κ3) is 5.10. The summed E-state index contributed by atoms with van der Waals surface area (Å²) in [5.74, 6) is 1.48. The van der Waals surface area contributed by atoms with E-state index in [1.54, 1.807) is 24.3 Å². The molecule has 1 aromatic heterocycles. The highest BCUT2D eigenvalue weighted by Gasteiger charge is 2.26. The van der Waals surface area contributed by atoms with E-state index in [-0.39, 0.29) is 10.8 Å². The fraction of sp³-hybridized carbons (Fsp3) is 0.375. The SMILES string of the molecule is Cc1ccc(N(CC(C)C)S(=O)(=O)c2ccc(OCc3c(C)noc3C)cc2)cc1C. The largest absolute Gasteiger partial charge is 0.489 e. The monoisotopic (exact) mass is 442 g/mol. The van der Waals surface area contributed by atoms with Crippen LogP contribution >= 0.6 is 0 Å². The van der Waals surface area contributed by atoms with Gasteiger partial charge in [0.2, 0.25) is 0 Å². The topological polar surface area (TPSA) is 72.6 Å². The average molecular weight is 443 g/mol. The molecule has 0 aliphatic carbocycles. The van der Waals surface area contributed by atoms with E-state index in [2.05, 4.69) is 5.16 Å². The summed E-state index contributed by atoms with van der Waals surface area (Å²) in [4.78, 5) is 0.232. The van der Waals surface area contributed by atoms with Crippen molar-refractivity contribution in [2.45, 2.75) is 53.0 Å². The zero-order chi connectivity index (χ0) is 22.8. The van der Waals surface area contributed by atoms with Gasteiger partial charge >= 0.3 is 0 Å². The summed E-state index contributed by atoms with van der Waals surface area (Å²) in [6.07, 6.45) is 0. The van der Waals surface area contributed by atoms with Gasteiger partial charge in [0, 0.05) is 6.54 Å². The van der Waals surface area contributed by atoms with E-state index < -0.39 is 10.0 Å². The summed E-state index contributed by atoms with van der Waals surface area (Å²) in [6.45, 7) is 12.4. The van der Waals surface area contributed by atoms with Crippen LogP contribution in [-0.2, 0) is 16.6 Å². The molecule has 3 rings (SSSR count). The van der Waals surface area contributed by atoms with Gasteiger partial charge in [0.05, 0.1) is 21.8 Å². The fourth-order valence-corrected chi connectivity index (χ4v) is 4.87. The zero-order valence-corrected chi connectivity index (χ0v) is 19.8. The minimum Gasteiger partial charge on any atom is -0.489 e. The van der Waals surface area contributed by atoms with Crippen molar-refractivity contribution < 1.29 is 17.7 Å². The van der Waals surface area contributed by atoms with Gasteiger partial charge in [-0.05, 0) is 81.1 Å². The van der Waals surface area contributed by atoms with E-state index in [4.69, 9.17) is 9.26 Å². The van der Waals surface area contributed by atoms with E-state index in [1.165, 1.54) is 4.31 Å². The molecule has 0 fully saturated rings. The van der Waals surface area contributed by atoms with Crippen molar-refractivity contribution in [3.05, 3.63) is 70.6 Å². The molecular weight excluding hydrogens is 412 g/mol. The smallest absolute Gasteiger partial charge is 0.264 e. The molecule has 1 heterocycles. The molecule has 0 spiro atoms. The van der Waals surface area contributed by atoms with Crippen molar-refractivity contribution in [1.82, 2.24) is 5.16 Å². The maximum absolute atomic E-state index is 13.5. The molecule has 3 aromatic rings. The highest BCUT2D eigenvalue weighted by atomic mass is 32.2. The van der Waals surface area contributed by atoms with E-state index in [9.17, 15) is 8.42 Å². The van der Waals surface area contributed by atoms with Crippen LogP contribution in [0.3, 0.4) is 0 Å². The molecule has 0 radical (unpaired) electrons. The van der Waals surface area contributed by atoms with Gasteiger partial charge in [0.25, 0.3) is 10.0 Å². The van der Waals surface area contributed by atoms with Crippen molar-refractivity contribution in [1.29, 1.82) is 0 Å². The lowest BCUT2D eigenvalue weighted by atomic mass is 10.1. The second-order valence-corrected chi connectivity index (χ2v) is 10.1. The maximum atomic E-state index is 13.5. The van der Waals surface area contributed by atoms with Crippen molar-refractivity contribution in [3.63, 3.8) is 0 Å². The van der Waals surface area contributed by atoms with Gasteiger partial charge in [-0.3, -0.25) is 4.31 Å². The van der Waals surface area contributed by atoms with Crippen molar-refractivity contribution >= 4 is 15.7 Å². The minimum atomic E-state index is -3.71.